The first kappa shape index (κ1) is 12.5. The third kappa shape index (κ3) is 3.05. The molecule has 1 aromatic heterocycles. The van der Waals surface area contributed by atoms with Crippen molar-refractivity contribution in [2.75, 3.05) is 18.0 Å². The van der Waals surface area contributed by atoms with Crippen LogP contribution in [0.4, 0.5) is 11.5 Å². The first-order valence-corrected chi connectivity index (χ1v) is 6.13. The minimum Gasteiger partial charge on any atom is -0.330 e. The molecule has 1 heterocycles. The van der Waals surface area contributed by atoms with Crippen LogP contribution >= 0.6 is 0 Å². The molecule has 0 aliphatic heterocycles. The van der Waals surface area contributed by atoms with Gasteiger partial charge in [0.1, 0.15) is 0 Å². The Hall–Kier alpha value is -1.94. The maximum absolute atomic E-state index is 5.59. The van der Waals surface area contributed by atoms with Crippen molar-refractivity contribution in [2.24, 2.45) is 5.73 Å². The van der Waals surface area contributed by atoms with Crippen LogP contribution in [-0.2, 0) is 0 Å². The van der Waals surface area contributed by atoms with Gasteiger partial charge in [-0.05, 0) is 44.2 Å². The molecule has 0 saturated heterocycles. The number of anilines is 2. The van der Waals surface area contributed by atoms with E-state index in [1.54, 1.807) is 6.20 Å². The fourth-order valence-electron chi connectivity index (χ4n) is 1.79. The van der Waals surface area contributed by atoms with E-state index in [1.165, 1.54) is 5.56 Å². The van der Waals surface area contributed by atoms with Crippen molar-refractivity contribution in [1.82, 2.24) is 10.2 Å². The lowest BCUT2D eigenvalue weighted by molar-refractivity contribution is 0.801. The lowest BCUT2D eigenvalue weighted by Gasteiger charge is -2.23. The maximum Gasteiger partial charge on any atom is 0.155 e. The third-order valence-electron chi connectivity index (χ3n) is 2.77. The lowest BCUT2D eigenvalue weighted by atomic mass is 10.2. The number of rotatable bonds is 5. The number of hydrogen-bond donors (Lipinski definition) is 1. The Morgan fingerprint density at radius 2 is 1.94 bits per heavy atom. The van der Waals surface area contributed by atoms with Gasteiger partial charge in [0.15, 0.2) is 5.82 Å². The Morgan fingerprint density at radius 3 is 2.56 bits per heavy atom. The minimum absolute atomic E-state index is 0.669. The Bertz CT molecular complexity index is 467. The van der Waals surface area contributed by atoms with Crippen molar-refractivity contribution < 1.29 is 0 Å². The molecule has 0 unspecified atom stereocenters. The van der Waals surface area contributed by atoms with Crippen molar-refractivity contribution >= 4 is 11.5 Å². The van der Waals surface area contributed by atoms with Crippen LogP contribution in [-0.4, -0.2) is 23.3 Å². The molecule has 18 heavy (non-hydrogen) atoms. The molecule has 0 aliphatic rings. The minimum atomic E-state index is 0.669. The molecule has 2 aromatic rings. The van der Waals surface area contributed by atoms with Crippen molar-refractivity contribution in [3.05, 3.63) is 48.2 Å². The van der Waals surface area contributed by atoms with Crippen LogP contribution in [0.1, 0.15) is 12.0 Å². The number of aryl methyl sites for hydroxylation is 1. The second kappa shape index (κ2) is 6.12. The third-order valence-corrected chi connectivity index (χ3v) is 2.77. The Labute approximate surface area is 107 Å². The van der Waals surface area contributed by atoms with Gasteiger partial charge in [0, 0.05) is 18.4 Å². The van der Waals surface area contributed by atoms with Crippen LogP contribution in [0.25, 0.3) is 0 Å². The molecule has 2 rings (SSSR count). The summed E-state index contributed by atoms with van der Waals surface area (Å²) in [4.78, 5) is 2.14. The predicted molar refractivity (Wildman–Crippen MR) is 73.9 cm³/mol. The zero-order valence-electron chi connectivity index (χ0n) is 10.6. The quantitative estimate of drug-likeness (QED) is 0.874. The van der Waals surface area contributed by atoms with Crippen LogP contribution in [0.2, 0.25) is 0 Å². The molecule has 0 bridgehead atoms. The van der Waals surface area contributed by atoms with Gasteiger partial charge in [0.25, 0.3) is 0 Å². The first-order chi connectivity index (χ1) is 8.81. The fraction of sp³-hybridized carbons (Fsp3) is 0.286. The average molecular weight is 242 g/mol. The molecular weight excluding hydrogens is 224 g/mol. The van der Waals surface area contributed by atoms with Gasteiger partial charge in [-0.15, -0.1) is 5.10 Å². The van der Waals surface area contributed by atoms with Crippen molar-refractivity contribution in [3.8, 4) is 0 Å². The van der Waals surface area contributed by atoms with Gasteiger partial charge >= 0.3 is 0 Å². The molecule has 2 N–H and O–H groups in total. The fourth-order valence-corrected chi connectivity index (χ4v) is 1.79. The SMILES string of the molecule is Cc1ccc(N(CCCN)c2cccnn2)cc1. The summed E-state index contributed by atoms with van der Waals surface area (Å²) in [5.41, 5.74) is 7.96. The molecule has 0 atom stereocenters. The van der Waals surface area contributed by atoms with Crippen LogP contribution in [0.5, 0.6) is 0 Å². The summed E-state index contributed by atoms with van der Waals surface area (Å²) in [7, 11) is 0. The zero-order chi connectivity index (χ0) is 12.8. The second-order valence-electron chi connectivity index (χ2n) is 4.21. The highest BCUT2D eigenvalue weighted by atomic mass is 15.3. The summed E-state index contributed by atoms with van der Waals surface area (Å²) in [5, 5.41) is 8.10. The van der Waals surface area contributed by atoms with Crippen LogP contribution < -0.4 is 10.6 Å². The molecule has 4 nitrogen and oxygen atoms in total. The Balaban J connectivity index is 2.27. The molecule has 0 amide bonds. The number of nitrogens with two attached hydrogens (primary N) is 1. The van der Waals surface area contributed by atoms with E-state index in [2.05, 4.69) is 46.3 Å². The normalized spacial score (nSPS) is 10.3. The molecular formula is C14H18N4. The predicted octanol–water partition coefficient (Wildman–Crippen LogP) is 2.27. The summed E-state index contributed by atoms with van der Waals surface area (Å²) in [6.07, 6.45) is 2.60. The highest BCUT2D eigenvalue weighted by Crippen LogP contribution is 2.23. The van der Waals surface area contributed by atoms with E-state index >= 15 is 0 Å². The Kier molecular flexibility index (Phi) is 4.25. The van der Waals surface area contributed by atoms with Gasteiger partial charge in [-0.3, -0.25) is 0 Å². The van der Waals surface area contributed by atoms with E-state index in [0.717, 1.165) is 24.5 Å². The molecule has 0 spiro atoms. The van der Waals surface area contributed by atoms with E-state index in [4.69, 9.17) is 5.73 Å². The maximum atomic E-state index is 5.59. The smallest absolute Gasteiger partial charge is 0.155 e. The lowest BCUT2D eigenvalue weighted by Crippen LogP contribution is -2.22. The van der Waals surface area contributed by atoms with Gasteiger partial charge in [-0.1, -0.05) is 17.7 Å². The molecule has 0 aliphatic carbocycles. The highest BCUT2D eigenvalue weighted by Gasteiger charge is 2.09. The average Bonchev–Trinajstić information content (AvgIpc) is 2.42. The molecule has 94 valence electrons. The topological polar surface area (TPSA) is 55.0 Å². The van der Waals surface area contributed by atoms with Gasteiger partial charge in [-0.2, -0.15) is 5.10 Å². The van der Waals surface area contributed by atoms with Crippen LogP contribution in [0, 0.1) is 6.92 Å². The monoisotopic (exact) mass is 242 g/mol. The highest BCUT2D eigenvalue weighted by molar-refractivity contribution is 5.59. The van der Waals surface area contributed by atoms with Gasteiger partial charge in [0.05, 0.1) is 0 Å². The molecule has 4 heteroatoms. The molecule has 0 fully saturated rings. The standard InChI is InChI=1S/C14H18N4/c1-12-5-7-13(8-6-12)18(11-3-9-15)14-4-2-10-16-17-14/h2,4-8,10H,3,9,11,15H2,1H3. The van der Waals surface area contributed by atoms with Gasteiger partial charge in [0.2, 0.25) is 0 Å². The van der Waals surface area contributed by atoms with Crippen molar-refractivity contribution in [1.29, 1.82) is 0 Å². The van der Waals surface area contributed by atoms with Gasteiger partial charge < -0.3 is 10.6 Å². The summed E-state index contributed by atoms with van der Waals surface area (Å²) in [5.74, 6) is 0.856. The number of nitrogens with zero attached hydrogens (tertiary/aromatic N) is 3. The number of hydrogen-bond acceptors (Lipinski definition) is 4. The van der Waals surface area contributed by atoms with Crippen LogP contribution in [0.3, 0.4) is 0 Å². The summed E-state index contributed by atoms with van der Waals surface area (Å²) >= 11 is 0. The van der Waals surface area contributed by atoms with E-state index < -0.39 is 0 Å². The number of benzene rings is 1. The van der Waals surface area contributed by atoms with Crippen LogP contribution in [0.15, 0.2) is 42.6 Å². The van der Waals surface area contributed by atoms with Crippen molar-refractivity contribution in [2.45, 2.75) is 13.3 Å². The zero-order valence-corrected chi connectivity index (χ0v) is 10.6. The summed E-state index contributed by atoms with van der Waals surface area (Å²) in [6.45, 7) is 3.59. The molecule has 1 aromatic carbocycles. The van der Waals surface area contributed by atoms with E-state index in [-0.39, 0.29) is 0 Å². The van der Waals surface area contributed by atoms with Crippen molar-refractivity contribution in [3.63, 3.8) is 0 Å². The van der Waals surface area contributed by atoms with E-state index in [0.29, 0.717) is 6.54 Å². The van der Waals surface area contributed by atoms with Gasteiger partial charge in [-0.25, -0.2) is 0 Å². The van der Waals surface area contributed by atoms with E-state index in [9.17, 15) is 0 Å². The molecule has 0 saturated carbocycles. The Morgan fingerprint density at radius 1 is 1.17 bits per heavy atom. The first-order valence-electron chi connectivity index (χ1n) is 6.13. The summed E-state index contributed by atoms with van der Waals surface area (Å²) in [6, 6.07) is 12.2. The second-order valence-corrected chi connectivity index (χ2v) is 4.21. The number of aromatic nitrogens is 2. The summed E-state index contributed by atoms with van der Waals surface area (Å²) < 4.78 is 0. The molecule has 0 radical (unpaired) electrons. The van der Waals surface area contributed by atoms with E-state index in [1.807, 2.05) is 12.1 Å². The largest absolute Gasteiger partial charge is 0.330 e.